The van der Waals surface area contributed by atoms with Gasteiger partial charge in [0.2, 0.25) is 10.6 Å². The number of amides is 1. The molecule has 0 aliphatic heterocycles. The van der Waals surface area contributed by atoms with Gasteiger partial charge in [-0.1, -0.05) is 11.6 Å². The Labute approximate surface area is 171 Å². The molecule has 4 fully saturated rings. The number of nitrogens with one attached hydrogen (secondary N) is 1. The lowest BCUT2D eigenvalue weighted by molar-refractivity contribution is -0.156. The van der Waals surface area contributed by atoms with Crippen molar-refractivity contribution in [1.82, 2.24) is 29.9 Å². The van der Waals surface area contributed by atoms with Crippen LogP contribution in [0, 0.1) is 17.3 Å². The third-order valence-electron chi connectivity index (χ3n) is 6.69. The van der Waals surface area contributed by atoms with Crippen LogP contribution in [0.5, 0.6) is 0 Å². The van der Waals surface area contributed by atoms with E-state index in [1.54, 1.807) is 17.1 Å². The molecule has 2 heterocycles. The molecule has 0 saturated heterocycles. The summed E-state index contributed by atoms with van der Waals surface area (Å²) in [5.74, 6) is 1.40. The Morgan fingerprint density at radius 3 is 2.74 bits per heavy atom. The fourth-order valence-electron chi connectivity index (χ4n) is 6.15. The zero-order valence-electron chi connectivity index (χ0n) is 14.9. The van der Waals surface area contributed by atoms with Crippen LogP contribution in [0.3, 0.4) is 0 Å². The minimum Gasteiger partial charge on any atom is -0.354 e. The van der Waals surface area contributed by atoms with E-state index in [0.717, 1.165) is 32.1 Å². The third-order valence-corrected chi connectivity index (χ3v) is 7.25. The summed E-state index contributed by atoms with van der Waals surface area (Å²) in [6.07, 6.45) is 11.5. The maximum atomic E-state index is 13.2. The van der Waals surface area contributed by atoms with Gasteiger partial charge in [0.25, 0.3) is 0 Å². The van der Waals surface area contributed by atoms with Gasteiger partial charge >= 0.3 is 0 Å². The highest BCUT2D eigenvalue weighted by atomic mass is 79.9. The van der Waals surface area contributed by atoms with Crippen molar-refractivity contribution in [3.63, 3.8) is 0 Å². The zero-order valence-corrected chi connectivity index (χ0v) is 17.3. The smallest absolute Gasteiger partial charge is 0.226 e. The third kappa shape index (κ3) is 3.01. The van der Waals surface area contributed by atoms with Gasteiger partial charge in [-0.3, -0.25) is 9.48 Å². The van der Waals surface area contributed by atoms with Gasteiger partial charge in [0.05, 0.1) is 28.7 Å². The number of rotatable bonds is 5. The van der Waals surface area contributed by atoms with Crippen LogP contribution in [0.1, 0.15) is 38.5 Å². The van der Waals surface area contributed by atoms with Gasteiger partial charge in [0, 0.05) is 12.7 Å². The second kappa shape index (κ2) is 6.30. The molecule has 2 aromatic rings. The van der Waals surface area contributed by atoms with Crippen molar-refractivity contribution < 1.29 is 4.79 Å². The van der Waals surface area contributed by atoms with Gasteiger partial charge in [-0.05, 0) is 66.3 Å². The molecule has 9 heteroatoms. The molecular weight excluding hydrogens is 432 g/mol. The Bertz CT molecular complexity index is 865. The van der Waals surface area contributed by atoms with E-state index in [2.05, 4.69) is 36.4 Å². The van der Waals surface area contributed by atoms with Crippen LogP contribution in [-0.2, 0) is 16.9 Å². The molecule has 4 aliphatic rings. The van der Waals surface area contributed by atoms with Gasteiger partial charge in [-0.2, -0.15) is 5.10 Å². The van der Waals surface area contributed by atoms with Crippen LogP contribution < -0.4 is 5.32 Å². The van der Waals surface area contributed by atoms with Crippen molar-refractivity contribution in [3.8, 4) is 0 Å². The molecular formula is C18H22BrClN6O. The van der Waals surface area contributed by atoms with Gasteiger partial charge in [-0.15, -0.1) is 5.10 Å². The number of nitrogens with zero attached hydrogens (tertiary/aromatic N) is 5. The predicted octanol–water partition coefficient (Wildman–Crippen LogP) is 3.00. The summed E-state index contributed by atoms with van der Waals surface area (Å²) in [5.41, 5.74) is -0.333. The monoisotopic (exact) mass is 452 g/mol. The molecule has 27 heavy (non-hydrogen) atoms. The molecule has 2 atom stereocenters. The molecule has 1 N–H and O–H groups in total. The lowest BCUT2D eigenvalue weighted by Crippen LogP contribution is -2.61. The number of carbonyl (C=O) groups excluding carboxylic acids is 1. The molecule has 144 valence electrons. The molecule has 1 amide bonds. The maximum Gasteiger partial charge on any atom is 0.226 e. The van der Waals surface area contributed by atoms with E-state index in [-0.39, 0.29) is 16.9 Å². The standard InChI is InChI=1S/C18H22BrClN6O/c19-16-22-11-26(24-16)18-6-12-3-13(7-18)5-17(4-12,10-18)15(27)21-1-2-25-9-14(20)8-23-25/h8-9,11-13H,1-7,10H2,(H,21,27). The number of halogens is 2. The van der Waals surface area contributed by atoms with Gasteiger partial charge in [0.15, 0.2) is 0 Å². The fourth-order valence-corrected chi connectivity index (χ4v) is 6.57. The molecule has 4 bridgehead atoms. The van der Waals surface area contributed by atoms with Gasteiger partial charge < -0.3 is 5.32 Å². The largest absolute Gasteiger partial charge is 0.354 e. The summed E-state index contributed by atoms with van der Waals surface area (Å²) in [4.78, 5) is 17.5. The average molecular weight is 454 g/mol. The normalized spacial score (nSPS) is 34.1. The van der Waals surface area contributed by atoms with Crippen molar-refractivity contribution >= 4 is 33.4 Å². The van der Waals surface area contributed by atoms with Crippen LogP contribution in [0.4, 0.5) is 0 Å². The first-order valence-electron chi connectivity index (χ1n) is 9.50. The van der Waals surface area contributed by atoms with E-state index in [0.29, 0.717) is 34.7 Å². The lowest BCUT2D eigenvalue weighted by Gasteiger charge is -2.60. The Balaban J connectivity index is 1.33. The van der Waals surface area contributed by atoms with E-state index in [1.165, 1.54) is 6.42 Å². The number of hydrogen-bond acceptors (Lipinski definition) is 4. The first kappa shape index (κ1) is 17.7. The SMILES string of the molecule is O=C(NCCn1cc(Cl)cn1)C12CC3CC(C1)CC(n1cnc(Br)n1)(C3)C2. The van der Waals surface area contributed by atoms with Crippen molar-refractivity contribution in [1.29, 1.82) is 0 Å². The highest BCUT2D eigenvalue weighted by molar-refractivity contribution is 9.10. The first-order valence-corrected chi connectivity index (χ1v) is 10.7. The Morgan fingerprint density at radius 1 is 1.33 bits per heavy atom. The van der Waals surface area contributed by atoms with Crippen LogP contribution in [0.2, 0.25) is 5.02 Å². The molecule has 0 radical (unpaired) electrons. The summed E-state index contributed by atoms with van der Waals surface area (Å²) >= 11 is 9.27. The number of aromatic nitrogens is 5. The topological polar surface area (TPSA) is 77.6 Å². The van der Waals surface area contributed by atoms with Crippen LogP contribution in [-0.4, -0.2) is 37.0 Å². The second-order valence-corrected chi connectivity index (χ2v) is 9.75. The summed E-state index contributed by atoms with van der Waals surface area (Å²) in [6.45, 7) is 1.19. The van der Waals surface area contributed by atoms with Crippen molar-refractivity contribution in [3.05, 3.63) is 28.5 Å². The van der Waals surface area contributed by atoms with Crippen LogP contribution in [0.15, 0.2) is 23.5 Å². The van der Waals surface area contributed by atoms with E-state index in [1.807, 2.05) is 11.0 Å². The molecule has 4 aliphatic carbocycles. The van der Waals surface area contributed by atoms with Crippen molar-refractivity contribution in [2.24, 2.45) is 17.3 Å². The summed E-state index contributed by atoms with van der Waals surface area (Å²) in [7, 11) is 0. The fraction of sp³-hybridized carbons (Fsp3) is 0.667. The molecule has 2 unspecified atom stereocenters. The maximum absolute atomic E-state index is 13.2. The Hall–Kier alpha value is -1.41. The predicted molar refractivity (Wildman–Crippen MR) is 103 cm³/mol. The quantitative estimate of drug-likeness (QED) is 0.755. The highest BCUT2D eigenvalue weighted by Gasteiger charge is 2.61. The zero-order chi connectivity index (χ0) is 18.6. The molecule has 2 aromatic heterocycles. The Morgan fingerprint density at radius 2 is 2.11 bits per heavy atom. The van der Waals surface area contributed by atoms with Crippen molar-refractivity contribution in [2.75, 3.05) is 6.54 Å². The first-order chi connectivity index (χ1) is 13.0. The van der Waals surface area contributed by atoms with Gasteiger partial charge in [0.1, 0.15) is 6.33 Å². The molecule has 7 nitrogen and oxygen atoms in total. The highest BCUT2D eigenvalue weighted by Crippen LogP contribution is 2.64. The summed E-state index contributed by atoms with van der Waals surface area (Å²) in [6, 6.07) is 0. The number of carbonyl (C=O) groups is 1. The summed E-state index contributed by atoms with van der Waals surface area (Å²) in [5, 5.41) is 12.5. The molecule has 4 saturated carbocycles. The van der Waals surface area contributed by atoms with E-state index < -0.39 is 0 Å². The van der Waals surface area contributed by atoms with Gasteiger partial charge in [-0.25, -0.2) is 9.67 Å². The molecule has 0 spiro atoms. The second-order valence-electron chi connectivity index (χ2n) is 8.60. The van der Waals surface area contributed by atoms with Crippen LogP contribution >= 0.6 is 27.5 Å². The average Bonchev–Trinajstić information content (AvgIpc) is 3.22. The van der Waals surface area contributed by atoms with Crippen LogP contribution in [0.25, 0.3) is 0 Å². The minimum absolute atomic E-state index is 0.0596. The van der Waals surface area contributed by atoms with E-state index >= 15 is 0 Å². The molecule has 6 rings (SSSR count). The lowest BCUT2D eigenvalue weighted by atomic mass is 9.46. The number of hydrogen-bond donors (Lipinski definition) is 1. The van der Waals surface area contributed by atoms with E-state index in [9.17, 15) is 4.79 Å². The van der Waals surface area contributed by atoms with Crippen molar-refractivity contribution in [2.45, 2.75) is 50.6 Å². The molecule has 0 aromatic carbocycles. The minimum atomic E-state index is -0.274. The summed E-state index contributed by atoms with van der Waals surface area (Å²) < 4.78 is 4.41. The van der Waals surface area contributed by atoms with E-state index in [4.69, 9.17) is 11.6 Å². The Kier molecular flexibility index (Phi) is 4.13.